The Labute approximate surface area is 366 Å². The first-order chi connectivity index (χ1) is 25.1. The molecule has 0 aromatic rings. The molecule has 1 aliphatic rings. The van der Waals surface area contributed by atoms with Crippen molar-refractivity contribution in [2.45, 2.75) is 128 Å². The molecule has 1 heterocycles. The Morgan fingerprint density at radius 2 is 1.46 bits per heavy atom. The second-order valence-corrected chi connectivity index (χ2v) is 13.5. The molecule has 0 aromatic heterocycles. The Morgan fingerprint density at radius 3 is 1.98 bits per heavy atom. The molecule has 1 unspecified atom stereocenters. The zero-order valence-electron chi connectivity index (χ0n) is 32.0. The van der Waals surface area contributed by atoms with Crippen LogP contribution < -0.4 is 85.3 Å². The maximum Gasteiger partial charge on any atom is 1.00 e. The van der Waals surface area contributed by atoms with E-state index in [0.29, 0.717) is 6.42 Å². The van der Waals surface area contributed by atoms with Gasteiger partial charge in [-0.15, -0.1) is 0 Å². The van der Waals surface area contributed by atoms with Crippen molar-refractivity contribution >= 4 is 55.1 Å². The van der Waals surface area contributed by atoms with Crippen molar-refractivity contribution in [1.82, 2.24) is 16.0 Å². The maximum atomic E-state index is 12.9. The molecule has 0 spiro atoms. The van der Waals surface area contributed by atoms with Crippen molar-refractivity contribution in [3.63, 3.8) is 0 Å². The second kappa shape index (κ2) is 27.6. The molecule has 3 amide bonds. The third kappa shape index (κ3) is 21.6. The second-order valence-electron chi connectivity index (χ2n) is 12.3. The number of aliphatic imine (C=N–C) groups is 2. The number of hydrogen-bond donors (Lipinski definition) is 9. The Morgan fingerprint density at radius 1 is 0.875 bits per heavy atom. The summed E-state index contributed by atoms with van der Waals surface area (Å²) in [6.07, 6.45) is -9.08. The fourth-order valence-corrected chi connectivity index (χ4v) is 5.30. The number of carboxylic acid groups (broad SMARTS) is 2. The summed E-state index contributed by atoms with van der Waals surface area (Å²) in [5.41, 5.74) is 0. The molecular formula is C30H48N5Na2O18P. The normalized spacial score (nSPS) is 22.2. The van der Waals surface area contributed by atoms with Gasteiger partial charge in [-0.2, -0.15) is 0 Å². The standard InChI is InChI=1S/C30H50N5O18P.2Na/c1-14(37)8-10-21(39)31-12-6-5-7-18(28(44)45)34-22(40)11-9-19(29(46)47)35-26(42)15(2)32-27(43)16(3)51-25-23(33-17(4)38)30(53-54(48,49)50)52-20(13-36)24(25)41;;/h15-16,18-20,23-25,30,36,41H,5-13H2,1-4H3,(H,31,39)(H,32,43)(H,33,38)(H,34,40)(H,35,42)(H,44,45)(H,46,47)(H2,48,49,50);;/q;2*+1/p-2/t15-,16?,18-,19-,20+,23+,24+,25+,30+;;/m0../s1. The number of carbonyl (C=O) groups excluding carboxylic acids is 4. The number of unbranched alkanes of at least 4 members (excludes halogenated alkanes) is 1. The molecule has 23 nitrogen and oxygen atoms in total. The summed E-state index contributed by atoms with van der Waals surface area (Å²) >= 11 is 0. The van der Waals surface area contributed by atoms with E-state index in [9.17, 15) is 73.8 Å². The quantitative estimate of drug-likeness (QED) is 0.0143. The molecule has 1 fully saturated rings. The molecule has 0 bridgehead atoms. The summed E-state index contributed by atoms with van der Waals surface area (Å²) < 4.78 is 26.7. The van der Waals surface area contributed by atoms with Crippen molar-refractivity contribution in [2.24, 2.45) is 9.98 Å². The third-order valence-corrected chi connectivity index (χ3v) is 8.15. The number of hydrogen-bond acceptors (Lipinski definition) is 16. The number of ketones is 1. The molecule has 1 saturated heterocycles. The molecule has 9 N–H and O–H groups in total. The summed E-state index contributed by atoms with van der Waals surface area (Å²) in [5, 5.41) is 69.4. The number of amides is 3. The average Bonchev–Trinajstić information content (AvgIpc) is 3.06. The van der Waals surface area contributed by atoms with E-state index in [0.717, 1.165) is 13.8 Å². The Kier molecular flexibility index (Phi) is 27.6. The summed E-state index contributed by atoms with van der Waals surface area (Å²) in [4.78, 5) is 98.5. The number of carbonyl (C=O) groups is 6. The first kappa shape index (κ1) is 56.0. The van der Waals surface area contributed by atoms with E-state index in [1.54, 1.807) is 0 Å². The summed E-state index contributed by atoms with van der Waals surface area (Å²) in [6, 6.07) is -6.17. The van der Waals surface area contributed by atoms with Crippen LogP contribution in [-0.2, 0) is 47.3 Å². The number of Topliss-reactive ketones (excluding diaryl/α,β-unsaturated/α-hetero) is 1. The van der Waals surface area contributed by atoms with Gasteiger partial charge in [-0.05, 0) is 71.6 Å². The summed E-state index contributed by atoms with van der Waals surface area (Å²) in [7, 11) is -5.28. The van der Waals surface area contributed by atoms with Gasteiger partial charge < -0.3 is 75.6 Å². The molecule has 0 aromatic carbocycles. The van der Waals surface area contributed by atoms with Gasteiger partial charge in [-0.1, -0.05) is 0 Å². The molecule has 0 radical (unpaired) electrons. The van der Waals surface area contributed by atoms with Crippen LogP contribution in [0.2, 0.25) is 0 Å². The molecular weight excluding hydrogens is 795 g/mol. The number of phosphoric ester groups is 1. The molecule has 308 valence electrons. The van der Waals surface area contributed by atoms with E-state index in [1.807, 2.05) is 0 Å². The van der Waals surface area contributed by atoms with Gasteiger partial charge >= 0.3 is 78.9 Å². The molecule has 1 aliphatic heterocycles. The van der Waals surface area contributed by atoms with E-state index >= 15 is 0 Å². The van der Waals surface area contributed by atoms with Crippen LogP contribution in [0, 0.1) is 0 Å². The van der Waals surface area contributed by atoms with Crippen molar-refractivity contribution < 1.29 is 147 Å². The van der Waals surface area contributed by atoms with E-state index in [1.165, 1.54) is 13.8 Å². The van der Waals surface area contributed by atoms with Gasteiger partial charge in [0.05, 0.1) is 6.61 Å². The smallest absolute Gasteiger partial charge is 0.862 e. The molecule has 9 atom stereocenters. The number of phosphoric acid groups is 1. The van der Waals surface area contributed by atoms with Crippen LogP contribution in [0.3, 0.4) is 0 Å². The SMILES string of the molecule is CC(=O)CCC([O-])=NCCCC[C@H](NC(=O)CC[C@H](NC(=O)[C@H](C)NC(=O)C(C)O[C@H]1[C@H](O)[C@@H](CO)O[C@H](OP(=O)(O)O)[C@@H]1N=C(C)[O-])C(=O)O)C(=O)O.[Na+].[Na+]. The number of aliphatic carboxylic acids is 2. The third-order valence-electron chi connectivity index (χ3n) is 7.66. The predicted molar refractivity (Wildman–Crippen MR) is 178 cm³/mol. The molecule has 56 heavy (non-hydrogen) atoms. The minimum atomic E-state index is -5.28. The summed E-state index contributed by atoms with van der Waals surface area (Å²) in [6.45, 7) is 3.80. The molecule has 0 saturated carbocycles. The molecule has 1 rings (SSSR count). The first-order valence-electron chi connectivity index (χ1n) is 16.7. The number of aliphatic hydroxyl groups excluding tert-OH is 2. The Balaban J connectivity index is 0. The summed E-state index contributed by atoms with van der Waals surface area (Å²) in [5.74, 6) is -7.31. The van der Waals surface area contributed by atoms with Gasteiger partial charge in [-0.25, -0.2) is 14.2 Å². The van der Waals surface area contributed by atoms with Gasteiger partial charge in [0.15, 0.2) is 6.29 Å². The number of ether oxygens (including phenoxy) is 2. The fourth-order valence-electron chi connectivity index (χ4n) is 4.85. The van der Waals surface area contributed by atoms with Crippen LogP contribution in [0.4, 0.5) is 0 Å². The van der Waals surface area contributed by atoms with Gasteiger partial charge in [0, 0.05) is 19.4 Å². The van der Waals surface area contributed by atoms with E-state index < -0.39 is 124 Å². The zero-order chi connectivity index (χ0) is 41.3. The number of carboxylic acids is 2. The van der Waals surface area contributed by atoms with Crippen LogP contribution >= 0.6 is 7.82 Å². The minimum absolute atomic E-state index is 0. The van der Waals surface area contributed by atoms with Crippen molar-refractivity contribution in [1.29, 1.82) is 0 Å². The van der Waals surface area contributed by atoms with Gasteiger partial charge in [0.1, 0.15) is 54.4 Å². The largest absolute Gasteiger partial charge is 1.00 e. The van der Waals surface area contributed by atoms with Crippen molar-refractivity contribution in [3.8, 4) is 0 Å². The monoisotopic (exact) mass is 843 g/mol. The number of rotatable bonds is 24. The van der Waals surface area contributed by atoms with Crippen LogP contribution in [0.25, 0.3) is 0 Å². The van der Waals surface area contributed by atoms with E-state index in [-0.39, 0.29) is 97.1 Å². The van der Waals surface area contributed by atoms with Crippen LogP contribution in [-0.4, -0.2) is 145 Å². The molecule has 26 heteroatoms. The Hall–Kier alpha value is -2.09. The van der Waals surface area contributed by atoms with Gasteiger partial charge in [0.2, 0.25) is 17.7 Å². The van der Waals surface area contributed by atoms with E-state index in [2.05, 4.69) is 30.5 Å². The minimum Gasteiger partial charge on any atom is -0.862 e. The van der Waals surface area contributed by atoms with Crippen molar-refractivity contribution in [3.05, 3.63) is 0 Å². The van der Waals surface area contributed by atoms with Crippen LogP contribution in [0.1, 0.15) is 72.6 Å². The molecule has 0 aliphatic carbocycles. The van der Waals surface area contributed by atoms with Gasteiger partial charge in [-0.3, -0.25) is 23.9 Å². The first-order valence-corrected chi connectivity index (χ1v) is 18.2. The van der Waals surface area contributed by atoms with Gasteiger partial charge in [0.25, 0.3) is 0 Å². The fraction of sp³-hybridized carbons (Fsp3) is 0.733. The van der Waals surface area contributed by atoms with Crippen molar-refractivity contribution in [2.75, 3.05) is 13.2 Å². The predicted octanol–water partition coefficient (Wildman–Crippen LogP) is -10.2. The Bertz CT molecular complexity index is 1430. The zero-order valence-corrected chi connectivity index (χ0v) is 36.9. The van der Waals surface area contributed by atoms with Crippen LogP contribution in [0.5, 0.6) is 0 Å². The number of aliphatic hydroxyl groups is 2. The van der Waals surface area contributed by atoms with Crippen LogP contribution in [0.15, 0.2) is 9.98 Å². The number of nitrogens with one attached hydrogen (secondary N) is 3. The van der Waals surface area contributed by atoms with E-state index in [4.69, 9.17) is 9.47 Å². The average molecular weight is 844 g/mol. The maximum absolute atomic E-state index is 12.9. The number of nitrogens with zero attached hydrogens (tertiary/aromatic N) is 2. The topological polar surface area (TPSA) is 375 Å².